The van der Waals surface area contributed by atoms with Crippen molar-refractivity contribution in [3.05, 3.63) is 12.7 Å². The lowest BCUT2D eigenvalue weighted by Gasteiger charge is -2.09. The average molecular weight is 300 g/mol. The predicted octanol–water partition coefficient (Wildman–Crippen LogP) is -2.22. The Kier molecular flexibility index (Phi) is 4.98. The highest BCUT2D eigenvalue weighted by Crippen LogP contribution is 2.18. The Morgan fingerprint density at radius 2 is 2.00 bits per heavy atom. The van der Waals surface area contributed by atoms with Crippen molar-refractivity contribution in [3.63, 3.8) is 0 Å². The second-order valence-electron chi connectivity index (χ2n) is 4.21. The molecular weight excluding hydrogens is 284 g/mol. The van der Waals surface area contributed by atoms with Crippen LogP contribution in [0.2, 0.25) is 0 Å². The number of nitrogens with zero attached hydrogens (tertiary/aromatic N) is 3. The number of H-pyrrole nitrogens is 1. The van der Waals surface area contributed by atoms with Crippen LogP contribution in [0.3, 0.4) is 0 Å². The normalized spacial score (nSPS) is 28.2. The Hall–Kier alpha value is -1.85. The van der Waals surface area contributed by atoms with Crippen LogP contribution in [0, 0.1) is 0 Å². The van der Waals surface area contributed by atoms with Crippen LogP contribution in [-0.4, -0.2) is 78.7 Å². The Morgan fingerprint density at radius 3 is 2.52 bits per heavy atom. The summed E-state index contributed by atoms with van der Waals surface area (Å²) in [6.45, 7) is -0.407. The molecule has 1 fully saturated rings. The zero-order chi connectivity index (χ0) is 15.4. The fraction of sp³-hybridized carbons (Fsp3) is 0.545. The number of hydrogen-bond donors (Lipinski definition) is 5. The summed E-state index contributed by atoms with van der Waals surface area (Å²) in [5, 5.41) is 35.0. The number of aromatic amines is 1. The smallest absolute Gasteiger partial charge is 0.242 e. The Morgan fingerprint density at radius 1 is 1.24 bits per heavy atom. The molecule has 10 nitrogen and oxygen atoms in total. The summed E-state index contributed by atoms with van der Waals surface area (Å²) in [6.07, 6.45) is -1.78. The predicted molar refractivity (Wildman–Crippen MR) is 68.2 cm³/mol. The second-order valence-corrected chi connectivity index (χ2v) is 4.21. The molecule has 1 aliphatic rings. The van der Waals surface area contributed by atoms with E-state index < -0.39 is 31.2 Å². The number of rotatable bonds is 2. The van der Waals surface area contributed by atoms with Crippen molar-refractivity contribution < 1.29 is 29.9 Å². The number of nitrogens with one attached hydrogen (secondary N) is 1. The van der Waals surface area contributed by atoms with Gasteiger partial charge >= 0.3 is 0 Å². The number of imidazole rings is 1. The molecule has 0 bridgehead atoms. The summed E-state index contributed by atoms with van der Waals surface area (Å²) in [4.78, 5) is 14.6. The maximum absolute atomic E-state index is 8.93. The molecule has 0 aromatic carbocycles. The van der Waals surface area contributed by atoms with Gasteiger partial charge in [0.1, 0.15) is 30.2 Å². The van der Waals surface area contributed by atoms with E-state index in [-0.39, 0.29) is 0 Å². The molecule has 3 heterocycles. The number of aliphatic hydroxyl groups excluding tert-OH is 4. The molecule has 3 rings (SSSR count). The van der Waals surface area contributed by atoms with Crippen molar-refractivity contribution >= 4 is 11.2 Å². The minimum absolute atomic E-state index is 0.407. The van der Waals surface area contributed by atoms with Crippen LogP contribution in [0.4, 0.5) is 0 Å². The molecule has 21 heavy (non-hydrogen) atoms. The van der Waals surface area contributed by atoms with Gasteiger partial charge in [-0.3, -0.25) is 0 Å². The molecule has 10 heteroatoms. The van der Waals surface area contributed by atoms with Gasteiger partial charge in [-0.05, 0) is 0 Å². The van der Waals surface area contributed by atoms with E-state index in [9.17, 15) is 0 Å². The first kappa shape index (κ1) is 15.5. The molecule has 0 aliphatic carbocycles. The minimum atomic E-state index is -1.38. The largest absolute Gasteiger partial charge is 0.479 e. The van der Waals surface area contributed by atoms with Gasteiger partial charge in [-0.25, -0.2) is 9.97 Å². The first-order chi connectivity index (χ1) is 10.1. The van der Waals surface area contributed by atoms with E-state index in [4.69, 9.17) is 25.2 Å². The van der Waals surface area contributed by atoms with E-state index in [0.717, 1.165) is 5.52 Å². The highest BCUT2D eigenvalue weighted by molar-refractivity contribution is 5.74. The van der Waals surface area contributed by atoms with E-state index in [0.29, 0.717) is 11.5 Å². The number of ether oxygens (including phenoxy) is 2. The molecule has 116 valence electrons. The Bertz CT molecular complexity index is 579. The number of methoxy groups -OCH3 is 1. The van der Waals surface area contributed by atoms with Crippen molar-refractivity contribution in [3.8, 4) is 5.88 Å². The lowest BCUT2D eigenvalue weighted by atomic mass is 10.1. The van der Waals surface area contributed by atoms with Gasteiger partial charge in [0.15, 0.2) is 11.9 Å². The van der Waals surface area contributed by atoms with E-state index >= 15 is 0 Å². The maximum Gasteiger partial charge on any atom is 0.242 e. The Labute approximate surface area is 119 Å². The van der Waals surface area contributed by atoms with Crippen molar-refractivity contribution in [1.82, 2.24) is 19.9 Å². The molecule has 0 spiro atoms. The zero-order valence-electron chi connectivity index (χ0n) is 11.1. The van der Waals surface area contributed by atoms with Gasteiger partial charge in [-0.2, -0.15) is 4.98 Å². The standard InChI is InChI=1S/C6H6N4O.C5H10O5/c1-11-6-4-5(8-2-7-4)9-3-10-6;6-1-2-3(7)4(8)5(9)10-2/h2-3H,1H3,(H,7,8,9,10);2-9H,1H2/t;2-,3-,4+,5?/m.1/s1. The van der Waals surface area contributed by atoms with Gasteiger partial charge in [-0.15, -0.1) is 0 Å². The molecule has 4 atom stereocenters. The summed E-state index contributed by atoms with van der Waals surface area (Å²) >= 11 is 0. The molecule has 2 aromatic heterocycles. The third-order valence-electron chi connectivity index (χ3n) is 2.90. The van der Waals surface area contributed by atoms with Crippen LogP contribution in [0.25, 0.3) is 11.2 Å². The van der Waals surface area contributed by atoms with Gasteiger partial charge in [-0.1, -0.05) is 0 Å². The van der Waals surface area contributed by atoms with Crippen LogP contribution in [0.15, 0.2) is 12.7 Å². The topological polar surface area (TPSA) is 154 Å². The fourth-order valence-corrected chi connectivity index (χ4v) is 1.78. The van der Waals surface area contributed by atoms with E-state index in [1.165, 1.54) is 6.33 Å². The molecule has 0 saturated carbocycles. The molecule has 1 unspecified atom stereocenters. The molecule has 1 aliphatic heterocycles. The van der Waals surface area contributed by atoms with Crippen LogP contribution in [0.1, 0.15) is 0 Å². The maximum atomic E-state index is 8.93. The summed E-state index contributed by atoms with van der Waals surface area (Å²) in [7, 11) is 1.56. The quantitative estimate of drug-likeness (QED) is 0.415. The number of hydrogen-bond acceptors (Lipinski definition) is 9. The minimum Gasteiger partial charge on any atom is -0.479 e. The first-order valence-corrected chi connectivity index (χ1v) is 6.07. The third kappa shape index (κ3) is 3.25. The molecule has 1 saturated heterocycles. The van der Waals surface area contributed by atoms with Crippen molar-refractivity contribution in [1.29, 1.82) is 0 Å². The monoisotopic (exact) mass is 300 g/mol. The number of aliphatic hydroxyl groups is 4. The Balaban J connectivity index is 0.000000155. The summed E-state index contributed by atoms with van der Waals surface area (Å²) in [6, 6.07) is 0. The lowest BCUT2D eigenvalue weighted by Crippen LogP contribution is -2.33. The summed E-state index contributed by atoms with van der Waals surface area (Å²) in [5.74, 6) is 0.521. The second kappa shape index (κ2) is 6.74. The molecule has 2 aromatic rings. The molecular formula is C11H16N4O6. The summed E-state index contributed by atoms with van der Waals surface area (Å²) in [5.41, 5.74) is 1.35. The third-order valence-corrected chi connectivity index (χ3v) is 2.90. The van der Waals surface area contributed by atoms with Crippen LogP contribution >= 0.6 is 0 Å². The SMILES string of the molecule is COc1ncnc2nc[nH]c12.OC[C@H]1OC(O)[C@@H](O)[C@@H]1O. The van der Waals surface area contributed by atoms with Crippen LogP contribution < -0.4 is 4.74 Å². The van der Waals surface area contributed by atoms with Crippen LogP contribution in [-0.2, 0) is 4.74 Å². The number of aromatic nitrogens is 4. The highest BCUT2D eigenvalue weighted by Gasteiger charge is 2.41. The summed E-state index contributed by atoms with van der Waals surface area (Å²) < 4.78 is 9.50. The van der Waals surface area contributed by atoms with Gasteiger partial charge < -0.3 is 34.9 Å². The fourth-order valence-electron chi connectivity index (χ4n) is 1.78. The van der Waals surface area contributed by atoms with Gasteiger partial charge in [0, 0.05) is 0 Å². The van der Waals surface area contributed by atoms with Gasteiger partial charge in [0.05, 0.1) is 20.0 Å². The lowest BCUT2D eigenvalue weighted by molar-refractivity contribution is -0.132. The van der Waals surface area contributed by atoms with Crippen LogP contribution in [0.5, 0.6) is 5.88 Å². The van der Waals surface area contributed by atoms with Gasteiger partial charge in [0.25, 0.3) is 0 Å². The van der Waals surface area contributed by atoms with Crippen molar-refractivity contribution in [2.75, 3.05) is 13.7 Å². The van der Waals surface area contributed by atoms with Gasteiger partial charge in [0.2, 0.25) is 5.88 Å². The van der Waals surface area contributed by atoms with Crippen molar-refractivity contribution in [2.24, 2.45) is 0 Å². The van der Waals surface area contributed by atoms with E-state index in [1.807, 2.05) is 0 Å². The molecule has 5 N–H and O–H groups in total. The van der Waals surface area contributed by atoms with E-state index in [2.05, 4.69) is 24.7 Å². The molecule has 0 amide bonds. The van der Waals surface area contributed by atoms with E-state index in [1.54, 1.807) is 13.4 Å². The highest BCUT2D eigenvalue weighted by atomic mass is 16.6. The average Bonchev–Trinajstić information content (AvgIpc) is 3.08. The molecule has 0 radical (unpaired) electrons. The van der Waals surface area contributed by atoms with Crippen molar-refractivity contribution in [2.45, 2.75) is 24.6 Å². The number of fused-ring (bicyclic) bond motifs is 1. The first-order valence-electron chi connectivity index (χ1n) is 6.07. The zero-order valence-corrected chi connectivity index (χ0v) is 11.1.